The number of ether oxygens (including phenoxy) is 1. The number of sulfonamides is 1. The molecule has 0 aliphatic rings. The summed E-state index contributed by atoms with van der Waals surface area (Å²) >= 11 is 1.20. The van der Waals surface area contributed by atoms with Crippen LogP contribution in [0.25, 0.3) is 10.6 Å². The topological polar surface area (TPSA) is 101 Å². The number of aryl methyl sites for hydroxylation is 2. The minimum absolute atomic E-state index is 0.108. The van der Waals surface area contributed by atoms with E-state index in [0.717, 1.165) is 26.7 Å². The van der Waals surface area contributed by atoms with Gasteiger partial charge in [0.15, 0.2) is 0 Å². The van der Waals surface area contributed by atoms with Crippen molar-refractivity contribution >= 4 is 38.1 Å². The van der Waals surface area contributed by atoms with Gasteiger partial charge < -0.3 is 4.74 Å². The summed E-state index contributed by atoms with van der Waals surface area (Å²) in [6.45, 7) is 3.26. The van der Waals surface area contributed by atoms with Gasteiger partial charge in [0.1, 0.15) is 17.3 Å². The van der Waals surface area contributed by atoms with Gasteiger partial charge in [-0.3, -0.25) is 14.4 Å². The van der Waals surface area contributed by atoms with E-state index >= 15 is 0 Å². The van der Waals surface area contributed by atoms with Crippen LogP contribution in [0.4, 0.5) is 10.8 Å². The molecular formula is C25H24N4O4S2. The molecule has 1 amide bonds. The number of hydrogen-bond acceptors (Lipinski definition) is 7. The van der Waals surface area contributed by atoms with Gasteiger partial charge in [-0.05, 0) is 61.9 Å². The molecule has 0 saturated carbocycles. The zero-order valence-corrected chi connectivity index (χ0v) is 21.1. The second kappa shape index (κ2) is 10.2. The number of methoxy groups -OCH3 is 1. The zero-order valence-electron chi connectivity index (χ0n) is 19.4. The Morgan fingerprint density at radius 3 is 2.31 bits per heavy atom. The number of amides is 1. The highest BCUT2D eigenvalue weighted by molar-refractivity contribution is 7.92. The highest BCUT2D eigenvalue weighted by Gasteiger charge is 2.28. The van der Waals surface area contributed by atoms with Gasteiger partial charge >= 0.3 is 0 Å². The quantitative estimate of drug-likeness (QED) is 0.371. The standard InChI is InChI=1S/C25H24N4O4S2/c1-17-8-14-21(15-9-17)35(31,32)29(22-7-5-4-6-18(22)2)16-23(30)26-25-28-27-24(34-25)19-10-12-20(33-3)13-11-19/h4-15H,16H2,1-3H3,(H,26,28,30). The third kappa shape index (κ3) is 5.50. The molecule has 0 aliphatic carbocycles. The summed E-state index contributed by atoms with van der Waals surface area (Å²) in [6, 6.07) is 20.9. The van der Waals surface area contributed by atoms with Crippen LogP contribution in [0.15, 0.2) is 77.7 Å². The molecule has 0 atom stereocenters. The van der Waals surface area contributed by atoms with Crippen LogP contribution in [-0.4, -0.2) is 38.2 Å². The largest absolute Gasteiger partial charge is 0.497 e. The van der Waals surface area contributed by atoms with Gasteiger partial charge in [-0.25, -0.2) is 8.42 Å². The number of carbonyl (C=O) groups is 1. The molecule has 35 heavy (non-hydrogen) atoms. The van der Waals surface area contributed by atoms with E-state index < -0.39 is 22.5 Å². The molecule has 4 aromatic rings. The normalized spacial score (nSPS) is 11.2. The number of hydrogen-bond donors (Lipinski definition) is 1. The number of carbonyl (C=O) groups excluding carboxylic acids is 1. The monoisotopic (exact) mass is 508 g/mol. The Hall–Kier alpha value is -3.76. The van der Waals surface area contributed by atoms with Crippen LogP contribution < -0.4 is 14.4 Å². The minimum Gasteiger partial charge on any atom is -0.497 e. The second-order valence-corrected chi connectivity index (χ2v) is 10.6. The van der Waals surface area contributed by atoms with Crippen molar-refractivity contribution in [2.24, 2.45) is 0 Å². The Bertz CT molecular complexity index is 1430. The summed E-state index contributed by atoms with van der Waals surface area (Å²) in [5.74, 6) is 0.194. The molecular weight excluding hydrogens is 484 g/mol. The van der Waals surface area contributed by atoms with Crippen LogP contribution in [0.5, 0.6) is 5.75 Å². The van der Waals surface area contributed by atoms with E-state index in [1.165, 1.54) is 11.3 Å². The number of para-hydroxylation sites is 1. The second-order valence-electron chi connectivity index (χ2n) is 7.80. The van der Waals surface area contributed by atoms with Gasteiger partial charge in [0.2, 0.25) is 11.0 Å². The maximum Gasteiger partial charge on any atom is 0.264 e. The molecule has 3 aromatic carbocycles. The average molecular weight is 509 g/mol. The lowest BCUT2D eigenvalue weighted by Crippen LogP contribution is -2.38. The molecule has 0 saturated heterocycles. The molecule has 0 aliphatic heterocycles. The van der Waals surface area contributed by atoms with E-state index in [1.807, 2.05) is 37.3 Å². The third-order valence-corrected chi connectivity index (χ3v) is 7.95. The Morgan fingerprint density at radius 2 is 1.66 bits per heavy atom. The van der Waals surface area contributed by atoms with E-state index in [4.69, 9.17) is 4.74 Å². The van der Waals surface area contributed by atoms with Crippen molar-refractivity contribution in [3.05, 3.63) is 83.9 Å². The summed E-state index contributed by atoms with van der Waals surface area (Å²) in [5.41, 5.74) is 2.92. The van der Waals surface area contributed by atoms with Crippen LogP contribution in [0, 0.1) is 13.8 Å². The lowest BCUT2D eigenvalue weighted by atomic mass is 10.2. The van der Waals surface area contributed by atoms with Crippen LogP contribution in [0.2, 0.25) is 0 Å². The Balaban J connectivity index is 1.58. The van der Waals surface area contributed by atoms with Crippen molar-refractivity contribution < 1.29 is 17.9 Å². The summed E-state index contributed by atoms with van der Waals surface area (Å²) in [6.07, 6.45) is 0. The summed E-state index contributed by atoms with van der Waals surface area (Å²) in [7, 11) is -2.41. The van der Waals surface area contributed by atoms with Gasteiger partial charge in [-0.15, -0.1) is 10.2 Å². The van der Waals surface area contributed by atoms with Crippen molar-refractivity contribution in [2.45, 2.75) is 18.7 Å². The highest BCUT2D eigenvalue weighted by Crippen LogP contribution is 2.29. The van der Waals surface area contributed by atoms with Gasteiger partial charge in [-0.1, -0.05) is 47.2 Å². The minimum atomic E-state index is -4.00. The van der Waals surface area contributed by atoms with Gasteiger partial charge in [-0.2, -0.15) is 0 Å². The fourth-order valence-electron chi connectivity index (χ4n) is 3.39. The maximum atomic E-state index is 13.5. The fourth-order valence-corrected chi connectivity index (χ4v) is 5.64. The fraction of sp³-hybridized carbons (Fsp3) is 0.160. The van der Waals surface area contributed by atoms with Crippen molar-refractivity contribution in [3.8, 4) is 16.3 Å². The average Bonchev–Trinajstić information content (AvgIpc) is 3.31. The van der Waals surface area contributed by atoms with E-state index in [2.05, 4.69) is 15.5 Å². The first-order chi connectivity index (χ1) is 16.8. The van der Waals surface area contributed by atoms with Crippen molar-refractivity contribution in [3.63, 3.8) is 0 Å². The number of aromatic nitrogens is 2. The Labute approximate surface area is 208 Å². The molecule has 4 rings (SSSR count). The van der Waals surface area contributed by atoms with Gasteiger partial charge in [0.25, 0.3) is 10.0 Å². The molecule has 0 bridgehead atoms. The molecule has 10 heteroatoms. The molecule has 1 heterocycles. The first-order valence-corrected chi connectivity index (χ1v) is 13.0. The van der Waals surface area contributed by atoms with Gasteiger partial charge in [0.05, 0.1) is 17.7 Å². The number of nitrogens with zero attached hydrogens (tertiary/aromatic N) is 3. The summed E-state index contributed by atoms with van der Waals surface area (Å²) < 4.78 is 33.4. The predicted molar refractivity (Wildman–Crippen MR) is 137 cm³/mol. The first-order valence-electron chi connectivity index (χ1n) is 10.7. The molecule has 1 aromatic heterocycles. The zero-order chi connectivity index (χ0) is 25.0. The van der Waals surface area contributed by atoms with Crippen LogP contribution >= 0.6 is 11.3 Å². The lowest BCUT2D eigenvalue weighted by molar-refractivity contribution is -0.114. The number of nitrogens with one attached hydrogen (secondary N) is 1. The molecule has 1 N–H and O–H groups in total. The maximum absolute atomic E-state index is 13.5. The lowest BCUT2D eigenvalue weighted by Gasteiger charge is -2.25. The molecule has 0 fully saturated rings. The van der Waals surface area contributed by atoms with Crippen LogP contribution in [-0.2, 0) is 14.8 Å². The SMILES string of the molecule is COc1ccc(-c2nnc(NC(=O)CN(c3ccccc3C)S(=O)(=O)c3ccc(C)cc3)s2)cc1. The molecule has 0 unspecified atom stereocenters. The molecule has 180 valence electrons. The predicted octanol–water partition coefficient (Wildman–Crippen LogP) is 4.66. The van der Waals surface area contributed by atoms with E-state index in [9.17, 15) is 13.2 Å². The van der Waals surface area contributed by atoms with Crippen LogP contribution in [0.1, 0.15) is 11.1 Å². The highest BCUT2D eigenvalue weighted by atomic mass is 32.2. The summed E-state index contributed by atoms with van der Waals surface area (Å²) in [4.78, 5) is 13.1. The Kier molecular flexibility index (Phi) is 7.13. The van der Waals surface area contributed by atoms with E-state index in [0.29, 0.717) is 10.7 Å². The number of benzene rings is 3. The number of rotatable bonds is 8. The third-order valence-electron chi connectivity index (χ3n) is 5.29. The molecule has 8 nitrogen and oxygen atoms in total. The summed E-state index contributed by atoms with van der Waals surface area (Å²) in [5, 5.41) is 11.7. The van der Waals surface area contributed by atoms with Crippen LogP contribution in [0.3, 0.4) is 0 Å². The van der Waals surface area contributed by atoms with E-state index in [-0.39, 0.29) is 10.0 Å². The van der Waals surface area contributed by atoms with Gasteiger partial charge in [0, 0.05) is 5.56 Å². The first kappa shape index (κ1) is 24.4. The number of anilines is 2. The Morgan fingerprint density at radius 1 is 0.971 bits per heavy atom. The van der Waals surface area contributed by atoms with Crippen molar-refractivity contribution in [1.29, 1.82) is 0 Å². The van der Waals surface area contributed by atoms with Crippen molar-refractivity contribution in [1.82, 2.24) is 10.2 Å². The smallest absolute Gasteiger partial charge is 0.264 e. The molecule has 0 spiro atoms. The van der Waals surface area contributed by atoms with E-state index in [1.54, 1.807) is 56.5 Å². The van der Waals surface area contributed by atoms with Crippen molar-refractivity contribution in [2.75, 3.05) is 23.3 Å². The molecule has 0 radical (unpaired) electrons.